The van der Waals surface area contributed by atoms with Crippen molar-refractivity contribution in [3.8, 4) is 34.5 Å². The highest BCUT2D eigenvalue weighted by Crippen LogP contribution is 2.43. The molecule has 0 radical (unpaired) electrons. The van der Waals surface area contributed by atoms with E-state index in [0.29, 0.717) is 22.6 Å². The van der Waals surface area contributed by atoms with Crippen molar-refractivity contribution in [3.05, 3.63) is 178 Å². The van der Waals surface area contributed by atoms with Gasteiger partial charge in [0.25, 0.3) is 0 Å². The van der Waals surface area contributed by atoms with Crippen LogP contribution in [0.2, 0.25) is 0 Å². The Labute approximate surface area is 291 Å². The van der Waals surface area contributed by atoms with Crippen molar-refractivity contribution < 1.29 is 29.3 Å². The molecule has 248 valence electrons. The number of hydrogen-bond acceptors (Lipinski definition) is 6. The summed E-state index contributed by atoms with van der Waals surface area (Å²) in [6.45, 7) is 8.43. The molecule has 50 heavy (non-hydrogen) atoms. The summed E-state index contributed by atoms with van der Waals surface area (Å²) in [4.78, 5) is 28.1. The van der Waals surface area contributed by atoms with Gasteiger partial charge in [0.2, 0.25) is 0 Å². The van der Waals surface area contributed by atoms with Gasteiger partial charge in [-0.2, -0.15) is 0 Å². The summed E-state index contributed by atoms with van der Waals surface area (Å²) in [6.07, 6.45) is 0. The number of fused-ring (bicyclic) bond motifs is 2. The van der Waals surface area contributed by atoms with Gasteiger partial charge in [0, 0.05) is 22.0 Å². The number of benzene rings is 6. The van der Waals surface area contributed by atoms with E-state index in [9.17, 15) is 19.8 Å². The summed E-state index contributed by atoms with van der Waals surface area (Å²) in [6, 6.07) is 39.7. The standard InChI is InChI=1S/C44H36O6/c1-43(2,27-9-17-31(45)18-10-27)29-13-21-33(22-14-29)49-37-25-26-38(40-39(37)41(47)35-7-5-6-8-36(35)42(40)48)50-34-23-15-30(16-24-34)44(3,4)28-11-19-32(46)20-12-28/h5-26,45-46H,1-4H3. The molecule has 1 aliphatic carbocycles. The molecule has 0 aromatic heterocycles. The van der Waals surface area contributed by atoms with E-state index in [1.165, 1.54) is 0 Å². The molecule has 6 nitrogen and oxygen atoms in total. The van der Waals surface area contributed by atoms with E-state index in [1.807, 2.05) is 72.8 Å². The van der Waals surface area contributed by atoms with E-state index < -0.39 is 0 Å². The largest absolute Gasteiger partial charge is 0.508 e. The summed E-state index contributed by atoms with van der Waals surface area (Å²) in [5.41, 5.74) is 4.45. The number of ether oxygens (including phenoxy) is 2. The predicted octanol–water partition coefficient (Wildman–Crippen LogP) is 10.1. The molecule has 0 fully saturated rings. The third-order valence-electron chi connectivity index (χ3n) is 9.78. The van der Waals surface area contributed by atoms with Crippen LogP contribution in [0.25, 0.3) is 0 Å². The topological polar surface area (TPSA) is 93.1 Å². The molecule has 2 N–H and O–H groups in total. The number of aromatic hydroxyl groups is 2. The summed E-state index contributed by atoms with van der Waals surface area (Å²) >= 11 is 0. The molecule has 0 bridgehead atoms. The highest BCUT2D eigenvalue weighted by molar-refractivity contribution is 6.30. The van der Waals surface area contributed by atoms with Crippen LogP contribution < -0.4 is 9.47 Å². The number of ketones is 2. The van der Waals surface area contributed by atoms with E-state index in [2.05, 4.69) is 27.7 Å². The van der Waals surface area contributed by atoms with E-state index in [0.717, 1.165) is 22.3 Å². The highest BCUT2D eigenvalue weighted by Gasteiger charge is 2.36. The molecule has 0 saturated carbocycles. The second-order valence-corrected chi connectivity index (χ2v) is 13.6. The Kier molecular flexibility index (Phi) is 8.03. The zero-order chi connectivity index (χ0) is 35.2. The van der Waals surface area contributed by atoms with Gasteiger partial charge in [-0.15, -0.1) is 0 Å². The first-order valence-electron chi connectivity index (χ1n) is 16.4. The molecular weight excluding hydrogens is 624 g/mol. The Bertz CT molecular complexity index is 2070. The zero-order valence-corrected chi connectivity index (χ0v) is 28.2. The van der Waals surface area contributed by atoms with Crippen LogP contribution in [-0.4, -0.2) is 21.8 Å². The van der Waals surface area contributed by atoms with Gasteiger partial charge in [0.1, 0.15) is 34.5 Å². The fraction of sp³-hybridized carbons (Fsp3) is 0.136. The van der Waals surface area contributed by atoms with Crippen LogP contribution in [0, 0.1) is 0 Å². The summed E-state index contributed by atoms with van der Waals surface area (Å²) in [7, 11) is 0. The maximum atomic E-state index is 14.0. The van der Waals surface area contributed by atoms with Gasteiger partial charge in [0.15, 0.2) is 11.6 Å². The van der Waals surface area contributed by atoms with Crippen LogP contribution in [0.4, 0.5) is 0 Å². The van der Waals surface area contributed by atoms with Gasteiger partial charge >= 0.3 is 0 Å². The van der Waals surface area contributed by atoms with E-state index in [1.54, 1.807) is 60.7 Å². The Morgan fingerprint density at radius 2 is 0.720 bits per heavy atom. The lowest BCUT2D eigenvalue weighted by atomic mass is 9.78. The fourth-order valence-electron chi connectivity index (χ4n) is 6.56. The van der Waals surface area contributed by atoms with Crippen LogP contribution in [-0.2, 0) is 10.8 Å². The summed E-state index contributed by atoms with van der Waals surface area (Å²) in [5.74, 6) is 1.35. The summed E-state index contributed by atoms with van der Waals surface area (Å²) < 4.78 is 12.7. The van der Waals surface area contributed by atoms with Crippen molar-refractivity contribution in [1.29, 1.82) is 0 Å². The lowest BCUT2D eigenvalue weighted by molar-refractivity contribution is 0.0975. The molecule has 0 unspecified atom stereocenters. The average Bonchev–Trinajstić information content (AvgIpc) is 3.12. The molecule has 6 aromatic rings. The number of phenols is 2. The molecule has 0 saturated heterocycles. The highest BCUT2D eigenvalue weighted by atomic mass is 16.5. The van der Waals surface area contributed by atoms with Crippen molar-refractivity contribution in [2.75, 3.05) is 0 Å². The molecule has 7 rings (SSSR count). The van der Waals surface area contributed by atoms with Gasteiger partial charge in [0.05, 0.1) is 11.1 Å². The molecule has 0 atom stereocenters. The first-order chi connectivity index (χ1) is 23.9. The summed E-state index contributed by atoms with van der Waals surface area (Å²) in [5, 5.41) is 19.5. The molecular formula is C44H36O6. The number of carbonyl (C=O) groups is 2. The molecule has 6 heteroatoms. The minimum atomic E-state index is -0.337. The van der Waals surface area contributed by atoms with E-state index in [-0.39, 0.29) is 56.5 Å². The molecule has 1 aliphatic rings. The first kappa shape index (κ1) is 32.4. The van der Waals surface area contributed by atoms with Gasteiger partial charge in [-0.1, -0.05) is 100 Å². The van der Waals surface area contributed by atoms with Crippen molar-refractivity contribution in [2.45, 2.75) is 38.5 Å². The molecule has 0 heterocycles. The Morgan fingerprint density at radius 3 is 1.04 bits per heavy atom. The Balaban J connectivity index is 1.21. The fourth-order valence-corrected chi connectivity index (χ4v) is 6.56. The second kappa shape index (κ2) is 12.4. The number of carbonyl (C=O) groups excluding carboxylic acids is 2. The molecule has 0 spiro atoms. The van der Waals surface area contributed by atoms with Gasteiger partial charge < -0.3 is 19.7 Å². The number of hydrogen-bond donors (Lipinski definition) is 2. The van der Waals surface area contributed by atoms with E-state index in [4.69, 9.17) is 9.47 Å². The quantitative estimate of drug-likeness (QED) is 0.169. The smallest absolute Gasteiger partial charge is 0.198 e. The van der Waals surface area contributed by atoms with Crippen LogP contribution in [0.1, 0.15) is 81.8 Å². The maximum Gasteiger partial charge on any atom is 0.198 e. The SMILES string of the molecule is CC(C)(c1ccc(O)cc1)c1ccc(Oc2ccc(Oc3ccc(C(C)(C)c4ccc(O)cc4)cc3)c3c2C(=O)c2ccccc2C3=O)cc1. The molecule has 6 aromatic carbocycles. The monoisotopic (exact) mass is 660 g/mol. The van der Waals surface area contributed by atoms with Crippen molar-refractivity contribution in [2.24, 2.45) is 0 Å². The van der Waals surface area contributed by atoms with Crippen molar-refractivity contribution >= 4 is 11.6 Å². The van der Waals surface area contributed by atoms with Crippen LogP contribution >= 0.6 is 0 Å². The zero-order valence-electron chi connectivity index (χ0n) is 28.2. The molecule has 0 amide bonds. The third kappa shape index (κ3) is 5.79. The van der Waals surface area contributed by atoms with Crippen LogP contribution in [0.3, 0.4) is 0 Å². The lowest BCUT2D eigenvalue weighted by Gasteiger charge is -2.27. The van der Waals surface area contributed by atoms with Gasteiger partial charge in [-0.3, -0.25) is 9.59 Å². The minimum Gasteiger partial charge on any atom is -0.508 e. The average molecular weight is 661 g/mol. The van der Waals surface area contributed by atoms with Crippen LogP contribution in [0.5, 0.6) is 34.5 Å². The predicted molar refractivity (Wildman–Crippen MR) is 193 cm³/mol. The second-order valence-electron chi connectivity index (χ2n) is 13.6. The van der Waals surface area contributed by atoms with Gasteiger partial charge in [-0.05, 0) is 82.9 Å². The van der Waals surface area contributed by atoms with Crippen molar-refractivity contribution in [3.63, 3.8) is 0 Å². The van der Waals surface area contributed by atoms with E-state index >= 15 is 0 Å². The number of phenolic OH excluding ortho intramolecular Hbond substituents is 2. The van der Waals surface area contributed by atoms with Crippen molar-refractivity contribution in [1.82, 2.24) is 0 Å². The maximum absolute atomic E-state index is 14.0. The molecule has 0 aliphatic heterocycles. The number of rotatable bonds is 8. The normalized spacial score (nSPS) is 12.6. The first-order valence-corrected chi connectivity index (χ1v) is 16.4. The third-order valence-corrected chi connectivity index (χ3v) is 9.78. The minimum absolute atomic E-state index is 0.157. The Morgan fingerprint density at radius 1 is 0.420 bits per heavy atom. The van der Waals surface area contributed by atoms with Crippen LogP contribution in [0.15, 0.2) is 133 Å². The van der Waals surface area contributed by atoms with Gasteiger partial charge in [-0.25, -0.2) is 0 Å². The Hall–Kier alpha value is -6.14. The lowest BCUT2D eigenvalue weighted by Crippen LogP contribution is -2.22.